The Morgan fingerprint density at radius 1 is 1.50 bits per heavy atom. The number of thiazole rings is 1. The molecule has 1 aromatic rings. The highest BCUT2D eigenvalue weighted by Crippen LogP contribution is 2.27. The SMILES string of the molecule is Cc1csc([C@@H](C)NC(=O)[C@@H]2COCCN2C2CCCC2)n1. The Morgan fingerprint density at radius 2 is 2.27 bits per heavy atom. The van der Waals surface area contributed by atoms with Crippen LogP contribution in [0.4, 0.5) is 0 Å². The lowest BCUT2D eigenvalue weighted by atomic mass is 10.1. The van der Waals surface area contributed by atoms with Gasteiger partial charge < -0.3 is 10.1 Å². The van der Waals surface area contributed by atoms with Gasteiger partial charge in [0.1, 0.15) is 11.0 Å². The van der Waals surface area contributed by atoms with E-state index in [-0.39, 0.29) is 18.0 Å². The van der Waals surface area contributed by atoms with Crippen LogP contribution < -0.4 is 5.32 Å². The lowest BCUT2D eigenvalue weighted by Crippen LogP contribution is -2.56. The van der Waals surface area contributed by atoms with E-state index in [1.807, 2.05) is 19.2 Å². The molecule has 1 amide bonds. The molecule has 0 radical (unpaired) electrons. The van der Waals surface area contributed by atoms with Gasteiger partial charge in [-0.25, -0.2) is 4.98 Å². The molecule has 22 heavy (non-hydrogen) atoms. The summed E-state index contributed by atoms with van der Waals surface area (Å²) in [7, 11) is 0. The summed E-state index contributed by atoms with van der Waals surface area (Å²) in [4.78, 5) is 19.5. The van der Waals surface area contributed by atoms with Crippen molar-refractivity contribution in [1.82, 2.24) is 15.2 Å². The van der Waals surface area contributed by atoms with Crippen LogP contribution in [-0.4, -0.2) is 47.6 Å². The number of ether oxygens (including phenoxy) is 1. The normalized spacial score (nSPS) is 25.3. The van der Waals surface area contributed by atoms with E-state index < -0.39 is 0 Å². The monoisotopic (exact) mass is 323 g/mol. The second-order valence-electron chi connectivity index (χ2n) is 6.32. The fraction of sp³-hybridized carbons (Fsp3) is 0.750. The van der Waals surface area contributed by atoms with Crippen molar-refractivity contribution < 1.29 is 9.53 Å². The highest BCUT2D eigenvalue weighted by atomic mass is 32.1. The minimum absolute atomic E-state index is 0.0430. The molecule has 1 N–H and O–H groups in total. The van der Waals surface area contributed by atoms with Crippen LogP contribution in [0, 0.1) is 6.92 Å². The van der Waals surface area contributed by atoms with Crippen molar-refractivity contribution in [1.29, 1.82) is 0 Å². The Labute approximate surface area is 136 Å². The molecule has 1 saturated heterocycles. The highest BCUT2D eigenvalue weighted by Gasteiger charge is 2.35. The molecule has 2 fully saturated rings. The number of hydrogen-bond acceptors (Lipinski definition) is 5. The second kappa shape index (κ2) is 7.06. The number of morpholine rings is 1. The molecule has 6 heteroatoms. The zero-order valence-corrected chi connectivity index (χ0v) is 14.2. The average Bonchev–Trinajstić information content (AvgIpc) is 3.18. The summed E-state index contributed by atoms with van der Waals surface area (Å²) in [6.07, 6.45) is 4.99. The maximum absolute atomic E-state index is 12.7. The summed E-state index contributed by atoms with van der Waals surface area (Å²) in [6.45, 7) is 6.09. The first kappa shape index (κ1) is 15.9. The fourth-order valence-electron chi connectivity index (χ4n) is 3.46. The van der Waals surface area contributed by atoms with Gasteiger partial charge in [-0.3, -0.25) is 9.69 Å². The van der Waals surface area contributed by atoms with Crippen molar-refractivity contribution in [3.63, 3.8) is 0 Å². The van der Waals surface area contributed by atoms with Crippen molar-refractivity contribution in [3.8, 4) is 0 Å². The van der Waals surface area contributed by atoms with E-state index >= 15 is 0 Å². The number of amides is 1. The minimum atomic E-state index is -0.152. The van der Waals surface area contributed by atoms with E-state index in [9.17, 15) is 4.79 Å². The van der Waals surface area contributed by atoms with Crippen LogP contribution >= 0.6 is 11.3 Å². The van der Waals surface area contributed by atoms with Gasteiger partial charge in [0, 0.05) is 23.7 Å². The Balaban J connectivity index is 1.63. The number of nitrogens with one attached hydrogen (secondary N) is 1. The molecule has 5 nitrogen and oxygen atoms in total. The van der Waals surface area contributed by atoms with E-state index in [0.29, 0.717) is 12.6 Å². The summed E-state index contributed by atoms with van der Waals surface area (Å²) < 4.78 is 5.57. The van der Waals surface area contributed by atoms with Gasteiger partial charge in [0.15, 0.2) is 0 Å². The van der Waals surface area contributed by atoms with Crippen molar-refractivity contribution in [2.24, 2.45) is 0 Å². The number of hydrogen-bond donors (Lipinski definition) is 1. The van der Waals surface area contributed by atoms with Crippen LogP contribution in [0.15, 0.2) is 5.38 Å². The van der Waals surface area contributed by atoms with Crippen LogP contribution in [0.2, 0.25) is 0 Å². The lowest BCUT2D eigenvalue weighted by molar-refractivity contribution is -0.135. The summed E-state index contributed by atoms with van der Waals surface area (Å²) >= 11 is 1.60. The quantitative estimate of drug-likeness (QED) is 0.923. The number of aryl methyl sites for hydroxylation is 1. The van der Waals surface area contributed by atoms with Crippen molar-refractivity contribution in [2.75, 3.05) is 19.8 Å². The number of rotatable bonds is 4. The molecule has 122 valence electrons. The van der Waals surface area contributed by atoms with Crippen LogP contribution in [0.1, 0.15) is 49.4 Å². The molecule has 0 bridgehead atoms. The van der Waals surface area contributed by atoms with Crippen LogP contribution in [0.5, 0.6) is 0 Å². The first-order valence-corrected chi connectivity index (χ1v) is 9.09. The molecule has 1 aliphatic carbocycles. The number of aromatic nitrogens is 1. The summed E-state index contributed by atoms with van der Waals surface area (Å²) in [5, 5.41) is 6.11. The Hall–Kier alpha value is -0.980. The van der Waals surface area contributed by atoms with Crippen LogP contribution in [0.3, 0.4) is 0 Å². The van der Waals surface area contributed by atoms with E-state index in [0.717, 1.165) is 23.9 Å². The van der Waals surface area contributed by atoms with Gasteiger partial charge in [-0.05, 0) is 26.7 Å². The van der Waals surface area contributed by atoms with Gasteiger partial charge in [0.25, 0.3) is 0 Å². The number of carbonyl (C=O) groups is 1. The maximum Gasteiger partial charge on any atom is 0.240 e. The van der Waals surface area contributed by atoms with Crippen molar-refractivity contribution in [2.45, 2.75) is 57.7 Å². The molecular weight excluding hydrogens is 298 g/mol. The minimum Gasteiger partial charge on any atom is -0.378 e. The van der Waals surface area contributed by atoms with E-state index in [1.54, 1.807) is 11.3 Å². The van der Waals surface area contributed by atoms with Gasteiger partial charge in [-0.2, -0.15) is 0 Å². The topological polar surface area (TPSA) is 54.5 Å². The first-order valence-electron chi connectivity index (χ1n) is 8.21. The van der Waals surface area contributed by atoms with E-state index in [1.165, 1.54) is 25.7 Å². The van der Waals surface area contributed by atoms with Gasteiger partial charge in [-0.1, -0.05) is 12.8 Å². The third-order valence-corrected chi connectivity index (χ3v) is 5.78. The number of nitrogens with zero attached hydrogens (tertiary/aromatic N) is 2. The van der Waals surface area contributed by atoms with Gasteiger partial charge in [0.2, 0.25) is 5.91 Å². The molecule has 1 aromatic heterocycles. The fourth-order valence-corrected chi connectivity index (χ4v) is 4.26. The van der Waals surface area contributed by atoms with E-state index in [4.69, 9.17) is 4.74 Å². The molecule has 0 aromatic carbocycles. The molecule has 1 saturated carbocycles. The highest BCUT2D eigenvalue weighted by molar-refractivity contribution is 7.09. The number of carbonyl (C=O) groups excluding carboxylic acids is 1. The smallest absolute Gasteiger partial charge is 0.240 e. The third-order valence-electron chi connectivity index (χ3n) is 4.63. The van der Waals surface area contributed by atoms with Crippen molar-refractivity contribution >= 4 is 17.2 Å². The van der Waals surface area contributed by atoms with Gasteiger partial charge in [-0.15, -0.1) is 11.3 Å². The predicted molar refractivity (Wildman–Crippen MR) is 87.0 cm³/mol. The molecule has 0 spiro atoms. The summed E-state index contributed by atoms with van der Waals surface area (Å²) in [5.41, 5.74) is 1.01. The summed E-state index contributed by atoms with van der Waals surface area (Å²) in [5.74, 6) is 0.0759. The molecule has 2 aliphatic rings. The molecule has 2 heterocycles. The first-order chi connectivity index (χ1) is 10.6. The average molecular weight is 323 g/mol. The van der Waals surface area contributed by atoms with Crippen LogP contribution in [0.25, 0.3) is 0 Å². The third kappa shape index (κ3) is 3.50. The second-order valence-corrected chi connectivity index (χ2v) is 7.21. The van der Waals surface area contributed by atoms with Crippen molar-refractivity contribution in [3.05, 3.63) is 16.1 Å². The summed E-state index contributed by atoms with van der Waals surface area (Å²) in [6, 6.07) is 0.357. The Kier molecular flexibility index (Phi) is 5.10. The standard InChI is InChI=1S/C16H25N3O2S/c1-11-10-22-16(17-11)12(2)18-15(20)14-9-21-8-7-19(14)13-5-3-4-6-13/h10,12-14H,3-9H2,1-2H3,(H,18,20)/t12-,14+/m1/s1. The molecule has 0 unspecified atom stereocenters. The molecule has 1 aliphatic heterocycles. The molecule has 3 rings (SSSR count). The lowest BCUT2D eigenvalue weighted by Gasteiger charge is -2.39. The van der Waals surface area contributed by atoms with Crippen LogP contribution in [-0.2, 0) is 9.53 Å². The zero-order chi connectivity index (χ0) is 15.5. The molecular formula is C16H25N3O2S. The molecule has 2 atom stereocenters. The zero-order valence-electron chi connectivity index (χ0n) is 13.4. The predicted octanol–water partition coefficient (Wildman–Crippen LogP) is 2.27. The van der Waals surface area contributed by atoms with Gasteiger partial charge >= 0.3 is 0 Å². The Morgan fingerprint density at radius 3 is 2.95 bits per heavy atom. The largest absolute Gasteiger partial charge is 0.378 e. The van der Waals surface area contributed by atoms with E-state index in [2.05, 4.69) is 15.2 Å². The Bertz CT molecular complexity index is 513. The van der Waals surface area contributed by atoms with Gasteiger partial charge in [0.05, 0.1) is 19.3 Å². The maximum atomic E-state index is 12.7.